The van der Waals surface area contributed by atoms with Crippen molar-refractivity contribution in [3.05, 3.63) is 81.7 Å². The van der Waals surface area contributed by atoms with Crippen molar-refractivity contribution in [3.63, 3.8) is 0 Å². The molecule has 6 rings (SSSR count). The second-order valence-corrected chi connectivity index (χ2v) is 16.1. The molecular weight excluding hydrogens is 732 g/mol. The number of fused-ring (bicyclic) bond motifs is 6. The minimum atomic E-state index is -4.01. The van der Waals surface area contributed by atoms with Crippen LogP contribution in [0.3, 0.4) is 0 Å². The first-order chi connectivity index (χ1) is 20.9. The van der Waals surface area contributed by atoms with Crippen LogP contribution in [0.2, 0.25) is 0 Å². The third-order valence-electron chi connectivity index (χ3n) is 8.06. The Hall–Kier alpha value is -2.74. The van der Waals surface area contributed by atoms with Gasteiger partial charge in [0.2, 0.25) is 0 Å². The van der Waals surface area contributed by atoms with E-state index in [0.29, 0.717) is 38.8 Å². The van der Waals surface area contributed by atoms with Crippen molar-refractivity contribution in [1.82, 2.24) is 9.13 Å². The largest absolute Gasteiger partial charge is 0.340 e. The lowest BCUT2D eigenvalue weighted by Crippen LogP contribution is -2.06. The Morgan fingerprint density at radius 2 is 0.841 bits per heavy atom. The maximum Gasteiger partial charge on any atom is 0.264 e. The van der Waals surface area contributed by atoms with Crippen LogP contribution in [0.15, 0.2) is 81.7 Å². The number of aromatic nitrogens is 2. The molecule has 0 fully saturated rings. The van der Waals surface area contributed by atoms with E-state index < -0.39 is 20.2 Å². The van der Waals surface area contributed by atoms with Gasteiger partial charge in [-0.15, -0.1) is 0 Å². The summed E-state index contributed by atoms with van der Waals surface area (Å²) >= 11 is 7.18. The Balaban J connectivity index is 1.43. The highest BCUT2D eigenvalue weighted by Gasteiger charge is 2.16. The highest BCUT2D eigenvalue weighted by atomic mass is 79.9. The number of hydrogen-bond acceptors (Lipinski definition) is 4. The average molecular weight is 763 g/mol. The Labute approximate surface area is 272 Å². The summed E-state index contributed by atoms with van der Waals surface area (Å²) in [6, 6.07) is 25.2. The number of benzene rings is 4. The molecular formula is C32H30Br2N2O6S2. The van der Waals surface area contributed by atoms with Crippen LogP contribution in [0.1, 0.15) is 25.7 Å². The van der Waals surface area contributed by atoms with E-state index in [1.807, 2.05) is 12.1 Å². The van der Waals surface area contributed by atoms with Crippen LogP contribution in [0.4, 0.5) is 0 Å². The quantitative estimate of drug-likeness (QED) is 0.101. The predicted octanol–water partition coefficient (Wildman–Crippen LogP) is 8.43. The Morgan fingerprint density at radius 3 is 1.20 bits per heavy atom. The lowest BCUT2D eigenvalue weighted by molar-refractivity contribution is 0.476. The highest BCUT2D eigenvalue weighted by Crippen LogP contribution is 2.37. The summed E-state index contributed by atoms with van der Waals surface area (Å²) in [5.74, 6) is -0.529. The molecule has 0 atom stereocenters. The fraction of sp³-hybridized carbons (Fsp3) is 0.250. The molecule has 0 aliphatic heterocycles. The molecule has 12 heteroatoms. The van der Waals surface area contributed by atoms with E-state index in [1.54, 1.807) is 0 Å². The van der Waals surface area contributed by atoms with Gasteiger partial charge < -0.3 is 9.13 Å². The van der Waals surface area contributed by atoms with Crippen LogP contribution >= 0.6 is 31.9 Å². The number of unbranched alkanes of at least 4 members (excludes halogenated alkanes) is 2. The smallest absolute Gasteiger partial charge is 0.264 e. The van der Waals surface area contributed by atoms with Gasteiger partial charge in [-0.3, -0.25) is 9.11 Å². The zero-order chi connectivity index (χ0) is 31.2. The zero-order valence-electron chi connectivity index (χ0n) is 23.6. The first-order valence-corrected chi connectivity index (χ1v) is 19.0. The highest BCUT2D eigenvalue weighted by molar-refractivity contribution is 9.10. The number of aryl methyl sites for hydroxylation is 2. The van der Waals surface area contributed by atoms with Crippen molar-refractivity contribution < 1.29 is 25.9 Å². The van der Waals surface area contributed by atoms with E-state index in [9.17, 15) is 25.9 Å². The van der Waals surface area contributed by atoms with Gasteiger partial charge in [0, 0.05) is 54.6 Å². The number of halogens is 2. The van der Waals surface area contributed by atoms with Gasteiger partial charge in [-0.25, -0.2) is 0 Å². The zero-order valence-corrected chi connectivity index (χ0v) is 28.4. The second kappa shape index (κ2) is 12.2. The Morgan fingerprint density at radius 1 is 0.500 bits per heavy atom. The molecule has 0 saturated heterocycles. The van der Waals surface area contributed by atoms with Crippen LogP contribution in [0, 0.1) is 0 Å². The predicted molar refractivity (Wildman–Crippen MR) is 185 cm³/mol. The molecule has 2 heterocycles. The standard InChI is InChI=1S/C32H30Br2N2O6S2/c33-23-7-11-27-25-9-5-21(17-29(25)35(31(27)19-23)13-1-3-15-43(37,38)39)22-6-10-26-28-12-8-24(34)20-32(28)36(30(26)18-22)14-2-4-16-44(40,41)42/h5-12,17-20H,1-4,13-16H2,(H,37,38,39)(H,40,41,42). The van der Waals surface area contributed by atoms with Crippen LogP contribution < -0.4 is 0 Å². The van der Waals surface area contributed by atoms with E-state index in [1.165, 1.54) is 0 Å². The molecule has 2 aromatic heterocycles. The van der Waals surface area contributed by atoms with Gasteiger partial charge in [0.25, 0.3) is 20.2 Å². The Kier molecular flexibility index (Phi) is 8.68. The molecule has 2 N–H and O–H groups in total. The third-order valence-corrected chi connectivity index (χ3v) is 10.7. The number of nitrogens with zero attached hydrogens (tertiary/aromatic N) is 2. The average Bonchev–Trinajstić information content (AvgIpc) is 3.42. The molecule has 0 aliphatic rings. The van der Waals surface area contributed by atoms with Crippen molar-refractivity contribution in [1.29, 1.82) is 0 Å². The topological polar surface area (TPSA) is 119 Å². The molecule has 0 amide bonds. The summed E-state index contributed by atoms with van der Waals surface area (Å²) < 4.78 is 69.8. The van der Waals surface area contributed by atoms with Crippen LogP contribution in [-0.2, 0) is 33.3 Å². The Bertz CT molecular complexity index is 2110. The van der Waals surface area contributed by atoms with Crippen molar-refractivity contribution in [3.8, 4) is 11.1 Å². The fourth-order valence-corrected chi connectivity index (χ4v) is 7.92. The summed E-state index contributed by atoms with van der Waals surface area (Å²) in [4.78, 5) is 0. The summed E-state index contributed by atoms with van der Waals surface area (Å²) in [5.41, 5.74) is 6.23. The van der Waals surface area contributed by atoms with Gasteiger partial charge in [0.15, 0.2) is 0 Å². The molecule has 44 heavy (non-hydrogen) atoms. The van der Waals surface area contributed by atoms with Gasteiger partial charge in [-0.05, 0) is 73.2 Å². The molecule has 4 aromatic carbocycles. The van der Waals surface area contributed by atoms with Gasteiger partial charge in [0.1, 0.15) is 0 Å². The lowest BCUT2D eigenvalue weighted by Gasteiger charge is -2.10. The summed E-state index contributed by atoms with van der Waals surface area (Å²) in [7, 11) is -8.01. The van der Waals surface area contributed by atoms with E-state index in [2.05, 4.69) is 102 Å². The van der Waals surface area contributed by atoms with E-state index in [0.717, 1.165) is 63.7 Å². The van der Waals surface area contributed by atoms with E-state index >= 15 is 0 Å². The monoisotopic (exact) mass is 760 g/mol. The molecule has 0 spiro atoms. The number of hydrogen-bond donors (Lipinski definition) is 2. The molecule has 0 unspecified atom stereocenters. The second-order valence-electron chi connectivity index (χ2n) is 11.1. The van der Waals surface area contributed by atoms with E-state index in [-0.39, 0.29) is 11.5 Å². The molecule has 8 nitrogen and oxygen atoms in total. The molecule has 6 aromatic rings. The van der Waals surface area contributed by atoms with Crippen molar-refractivity contribution in [2.24, 2.45) is 0 Å². The maximum absolute atomic E-state index is 11.3. The molecule has 0 aliphatic carbocycles. The van der Waals surface area contributed by atoms with Gasteiger partial charge in [-0.1, -0.05) is 68.3 Å². The van der Waals surface area contributed by atoms with Crippen LogP contribution in [0.25, 0.3) is 54.7 Å². The van der Waals surface area contributed by atoms with Crippen molar-refractivity contribution >= 4 is 95.7 Å². The summed E-state index contributed by atoms with van der Waals surface area (Å²) in [6.45, 7) is 1.20. The van der Waals surface area contributed by atoms with Gasteiger partial charge >= 0.3 is 0 Å². The van der Waals surface area contributed by atoms with Crippen LogP contribution in [-0.4, -0.2) is 46.6 Å². The molecule has 0 bridgehead atoms. The lowest BCUT2D eigenvalue weighted by atomic mass is 10.0. The van der Waals surface area contributed by atoms with Gasteiger partial charge in [0.05, 0.1) is 22.5 Å². The molecule has 0 radical (unpaired) electrons. The third kappa shape index (κ3) is 6.61. The maximum atomic E-state index is 11.3. The first-order valence-electron chi connectivity index (χ1n) is 14.2. The summed E-state index contributed by atoms with van der Waals surface area (Å²) in [5, 5.41) is 4.42. The van der Waals surface area contributed by atoms with Gasteiger partial charge in [-0.2, -0.15) is 16.8 Å². The minimum Gasteiger partial charge on any atom is -0.340 e. The van der Waals surface area contributed by atoms with Crippen molar-refractivity contribution in [2.75, 3.05) is 11.5 Å². The molecule has 230 valence electrons. The van der Waals surface area contributed by atoms with Crippen LogP contribution in [0.5, 0.6) is 0 Å². The minimum absolute atomic E-state index is 0.264. The SMILES string of the molecule is O=S(=O)(O)CCCCn1c2cc(Br)ccc2c2ccc(-c3ccc4c5ccc(Br)cc5n(CCCCS(=O)(=O)O)c4c3)cc21. The fourth-order valence-electron chi connectivity index (χ4n) is 6.09. The molecule has 0 saturated carbocycles. The summed E-state index contributed by atoms with van der Waals surface area (Å²) in [6.07, 6.45) is 1.90. The number of rotatable bonds is 11. The van der Waals surface area contributed by atoms with E-state index in [4.69, 9.17) is 0 Å². The van der Waals surface area contributed by atoms with Crippen molar-refractivity contribution in [2.45, 2.75) is 38.8 Å². The normalized spacial score (nSPS) is 12.7. The first kappa shape index (κ1) is 31.3.